The van der Waals surface area contributed by atoms with Crippen LogP contribution < -0.4 is 5.32 Å². The molecule has 2 atom stereocenters. The zero-order chi connectivity index (χ0) is 19.1. The van der Waals surface area contributed by atoms with Gasteiger partial charge in [-0.25, -0.2) is 0 Å². The van der Waals surface area contributed by atoms with Gasteiger partial charge >= 0.3 is 0 Å². The maximum atomic E-state index is 11.4. The third kappa shape index (κ3) is 6.70. The number of halogens is 1. The molecule has 0 aromatic rings. The molecule has 0 aliphatic carbocycles. The summed E-state index contributed by atoms with van der Waals surface area (Å²) >= 11 is 0. The van der Waals surface area contributed by atoms with Gasteiger partial charge < -0.3 is 24.6 Å². The number of piperazine rings is 1. The van der Waals surface area contributed by atoms with Crippen LogP contribution in [0.15, 0.2) is 4.99 Å². The van der Waals surface area contributed by atoms with Gasteiger partial charge in [0.05, 0.1) is 19.3 Å². The van der Waals surface area contributed by atoms with Crippen LogP contribution in [0.1, 0.15) is 26.7 Å². The Bertz CT molecular complexity index is 508. The molecule has 3 heterocycles. The van der Waals surface area contributed by atoms with Crippen LogP contribution in [-0.4, -0.2) is 111 Å². The van der Waals surface area contributed by atoms with Crippen molar-refractivity contribution in [1.82, 2.24) is 20.0 Å². The molecule has 3 rings (SSSR count). The quantitative estimate of drug-likeness (QED) is 0.333. The minimum Gasteiger partial charge on any atom is -0.375 e. The van der Waals surface area contributed by atoms with Crippen molar-refractivity contribution in [2.75, 3.05) is 72.1 Å². The molecule has 1 amide bonds. The van der Waals surface area contributed by atoms with E-state index in [1.165, 1.54) is 0 Å². The monoisotopic (exact) mass is 509 g/mol. The third-order valence-electron chi connectivity index (χ3n) is 5.60. The molecule has 0 spiro atoms. The molecule has 3 saturated heterocycles. The minimum absolute atomic E-state index is 0. The van der Waals surface area contributed by atoms with E-state index in [0.29, 0.717) is 0 Å². The molecule has 162 valence electrons. The van der Waals surface area contributed by atoms with Gasteiger partial charge in [-0.2, -0.15) is 0 Å². The molecule has 2 unspecified atom stereocenters. The molecule has 3 aliphatic rings. The van der Waals surface area contributed by atoms with Gasteiger partial charge in [-0.15, -0.1) is 24.0 Å². The Balaban J connectivity index is 0.00000280. The van der Waals surface area contributed by atoms with Crippen molar-refractivity contribution in [2.45, 2.75) is 38.9 Å². The minimum atomic E-state index is 0. The number of amides is 1. The summed E-state index contributed by atoms with van der Waals surface area (Å²) in [5.41, 5.74) is 0. The van der Waals surface area contributed by atoms with Gasteiger partial charge in [0.15, 0.2) is 5.96 Å². The van der Waals surface area contributed by atoms with Crippen LogP contribution in [0.3, 0.4) is 0 Å². The summed E-state index contributed by atoms with van der Waals surface area (Å²) in [4.78, 5) is 22.9. The second kappa shape index (κ2) is 12.1. The van der Waals surface area contributed by atoms with E-state index in [0.717, 1.165) is 90.9 Å². The topological polar surface area (TPSA) is 69.6 Å². The number of ether oxygens (including phenoxy) is 2. The zero-order valence-corrected chi connectivity index (χ0v) is 19.6. The maximum Gasteiger partial charge on any atom is 0.219 e. The SMILES string of the molecule is CCNC(=NCCN1CCN(C(C)=O)CC1)N1CCOC(C2CCCO2)C1.I. The summed E-state index contributed by atoms with van der Waals surface area (Å²) in [5, 5.41) is 3.43. The summed E-state index contributed by atoms with van der Waals surface area (Å²) in [6.45, 7) is 13.1. The highest BCUT2D eigenvalue weighted by Crippen LogP contribution is 2.21. The van der Waals surface area contributed by atoms with Crippen molar-refractivity contribution < 1.29 is 14.3 Å². The number of rotatable bonds is 5. The normalized spacial score (nSPS) is 26.9. The fraction of sp³-hybridized carbons (Fsp3) is 0.895. The standard InChI is InChI=1S/C19H35N5O3.HI/c1-3-20-19(21-6-7-22-8-10-23(11-9-22)16(2)25)24-12-14-27-18(15-24)17-5-4-13-26-17;/h17-18H,3-15H2,1-2H3,(H,20,21);1H. The maximum absolute atomic E-state index is 11.4. The molecule has 9 heteroatoms. The third-order valence-corrected chi connectivity index (χ3v) is 5.60. The second-order valence-corrected chi connectivity index (χ2v) is 7.49. The number of guanidine groups is 1. The lowest BCUT2D eigenvalue weighted by Crippen LogP contribution is -2.53. The lowest BCUT2D eigenvalue weighted by Gasteiger charge is -2.37. The Hall–Kier alpha value is -0.650. The first-order valence-electron chi connectivity index (χ1n) is 10.4. The van der Waals surface area contributed by atoms with E-state index in [-0.39, 0.29) is 42.1 Å². The van der Waals surface area contributed by atoms with E-state index in [2.05, 4.69) is 22.0 Å². The van der Waals surface area contributed by atoms with Crippen molar-refractivity contribution in [3.8, 4) is 0 Å². The van der Waals surface area contributed by atoms with Crippen LogP contribution in [0.25, 0.3) is 0 Å². The summed E-state index contributed by atoms with van der Waals surface area (Å²) in [5.74, 6) is 1.15. The van der Waals surface area contributed by atoms with Crippen LogP contribution in [0, 0.1) is 0 Å². The van der Waals surface area contributed by atoms with Gasteiger partial charge in [0.25, 0.3) is 0 Å². The average molecular weight is 509 g/mol. The Morgan fingerprint density at radius 3 is 2.46 bits per heavy atom. The smallest absolute Gasteiger partial charge is 0.219 e. The molecule has 8 nitrogen and oxygen atoms in total. The summed E-state index contributed by atoms with van der Waals surface area (Å²) < 4.78 is 11.8. The molecular formula is C19H36IN5O3. The largest absolute Gasteiger partial charge is 0.375 e. The number of nitrogens with zero attached hydrogens (tertiary/aromatic N) is 4. The predicted octanol–water partition coefficient (Wildman–Crippen LogP) is 0.614. The van der Waals surface area contributed by atoms with E-state index >= 15 is 0 Å². The predicted molar refractivity (Wildman–Crippen MR) is 120 cm³/mol. The molecule has 1 N–H and O–H groups in total. The summed E-state index contributed by atoms with van der Waals surface area (Å²) in [6, 6.07) is 0. The van der Waals surface area contributed by atoms with Gasteiger partial charge in [-0.05, 0) is 19.8 Å². The van der Waals surface area contributed by atoms with Gasteiger partial charge in [0.2, 0.25) is 5.91 Å². The lowest BCUT2D eigenvalue weighted by atomic mass is 10.1. The van der Waals surface area contributed by atoms with Crippen molar-refractivity contribution in [3.63, 3.8) is 0 Å². The Kier molecular flexibility index (Phi) is 10.2. The highest BCUT2D eigenvalue weighted by Gasteiger charge is 2.32. The Morgan fingerprint density at radius 1 is 1.07 bits per heavy atom. The molecule has 0 aromatic heterocycles. The average Bonchev–Trinajstić information content (AvgIpc) is 3.23. The molecular weight excluding hydrogens is 473 g/mol. The van der Waals surface area contributed by atoms with Crippen molar-refractivity contribution >= 4 is 35.8 Å². The molecule has 0 aromatic carbocycles. The second-order valence-electron chi connectivity index (χ2n) is 7.49. The van der Waals surface area contributed by atoms with Crippen LogP contribution >= 0.6 is 24.0 Å². The Labute approximate surface area is 186 Å². The molecule has 3 fully saturated rings. The molecule has 28 heavy (non-hydrogen) atoms. The number of hydrogen-bond acceptors (Lipinski definition) is 5. The summed E-state index contributed by atoms with van der Waals surface area (Å²) in [7, 11) is 0. The van der Waals surface area contributed by atoms with Crippen LogP contribution in [0.4, 0.5) is 0 Å². The summed E-state index contributed by atoms with van der Waals surface area (Å²) in [6.07, 6.45) is 2.60. The van der Waals surface area contributed by atoms with Crippen LogP contribution in [0.2, 0.25) is 0 Å². The van der Waals surface area contributed by atoms with Crippen LogP contribution in [-0.2, 0) is 14.3 Å². The number of hydrogen-bond donors (Lipinski definition) is 1. The van der Waals surface area contributed by atoms with Gasteiger partial charge in [0, 0.05) is 65.9 Å². The van der Waals surface area contributed by atoms with Crippen molar-refractivity contribution in [3.05, 3.63) is 0 Å². The number of morpholine rings is 1. The Morgan fingerprint density at radius 2 is 1.82 bits per heavy atom. The zero-order valence-electron chi connectivity index (χ0n) is 17.3. The van der Waals surface area contributed by atoms with E-state index in [4.69, 9.17) is 14.5 Å². The number of aliphatic imine (C=N–C) groups is 1. The number of carbonyl (C=O) groups is 1. The first kappa shape index (κ1) is 23.6. The van der Waals surface area contributed by atoms with Gasteiger partial charge in [0.1, 0.15) is 6.10 Å². The highest BCUT2D eigenvalue weighted by molar-refractivity contribution is 14.0. The van der Waals surface area contributed by atoms with Crippen molar-refractivity contribution in [1.29, 1.82) is 0 Å². The number of nitrogens with one attached hydrogen (secondary N) is 1. The van der Waals surface area contributed by atoms with E-state index in [1.807, 2.05) is 4.90 Å². The first-order valence-corrected chi connectivity index (χ1v) is 10.4. The molecule has 3 aliphatic heterocycles. The molecule has 0 bridgehead atoms. The van der Waals surface area contributed by atoms with E-state index in [9.17, 15) is 4.79 Å². The first-order chi connectivity index (χ1) is 13.2. The van der Waals surface area contributed by atoms with E-state index < -0.39 is 0 Å². The van der Waals surface area contributed by atoms with Gasteiger partial charge in [-0.3, -0.25) is 14.7 Å². The molecule has 0 saturated carbocycles. The lowest BCUT2D eigenvalue weighted by molar-refractivity contribution is -0.130. The van der Waals surface area contributed by atoms with E-state index in [1.54, 1.807) is 6.92 Å². The van der Waals surface area contributed by atoms with Gasteiger partial charge in [-0.1, -0.05) is 0 Å². The highest BCUT2D eigenvalue weighted by atomic mass is 127. The van der Waals surface area contributed by atoms with Crippen LogP contribution in [0.5, 0.6) is 0 Å². The fourth-order valence-electron chi connectivity index (χ4n) is 4.00. The molecule has 0 radical (unpaired) electrons. The number of carbonyl (C=O) groups excluding carboxylic acids is 1. The van der Waals surface area contributed by atoms with Crippen molar-refractivity contribution in [2.24, 2.45) is 4.99 Å². The fourth-order valence-corrected chi connectivity index (χ4v) is 4.00.